The highest BCUT2D eigenvalue weighted by Crippen LogP contribution is 2.25. The van der Waals surface area contributed by atoms with Crippen LogP contribution in [0.2, 0.25) is 5.02 Å². The van der Waals surface area contributed by atoms with E-state index in [1.54, 1.807) is 25.1 Å². The molecule has 2 atom stereocenters. The first-order valence-corrected chi connectivity index (χ1v) is 5.23. The maximum atomic E-state index is 11.2. The summed E-state index contributed by atoms with van der Waals surface area (Å²) >= 11 is 5.82. The number of aliphatic hydroxyl groups excluding tert-OH is 2. The molecule has 4 nitrogen and oxygen atoms in total. The Morgan fingerprint density at radius 3 is 2.62 bits per heavy atom. The van der Waals surface area contributed by atoms with E-state index in [0.29, 0.717) is 10.6 Å². The fourth-order valence-corrected chi connectivity index (χ4v) is 1.49. The van der Waals surface area contributed by atoms with Crippen molar-refractivity contribution < 1.29 is 19.7 Å². The molecule has 1 rings (SSSR count). The number of hydrogen-bond donors (Lipinski definition) is 2. The van der Waals surface area contributed by atoms with Gasteiger partial charge in [0, 0.05) is 10.6 Å². The highest BCUT2D eigenvalue weighted by atomic mass is 35.5. The van der Waals surface area contributed by atoms with Crippen molar-refractivity contribution in [2.45, 2.75) is 19.1 Å². The Hall–Kier alpha value is -1.10. The van der Waals surface area contributed by atoms with Crippen LogP contribution in [0.1, 0.15) is 18.6 Å². The molecule has 2 N–H and O–H groups in total. The summed E-state index contributed by atoms with van der Waals surface area (Å²) in [6.07, 6.45) is -3.01. The van der Waals surface area contributed by atoms with Crippen LogP contribution in [-0.4, -0.2) is 28.9 Å². The van der Waals surface area contributed by atoms with Crippen molar-refractivity contribution in [1.82, 2.24) is 0 Å². The number of halogens is 1. The zero-order valence-electron chi connectivity index (χ0n) is 8.76. The number of ether oxygens (including phenoxy) is 1. The van der Waals surface area contributed by atoms with Gasteiger partial charge in [0.15, 0.2) is 6.10 Å². The molecule has 2 unspecified atom stereocenters. The zero-order chi connectivity index (χ0) is 12.1. The number of rotatable bonds is 4. The largest absolute Gasteiger partial charge is 0.464 e. The van der Waals surface area contributed by atoms with E-state index in [0.717, 1.165) is 0 Å². The molecule has 0 heterocycles. The van der Waals surface area contributed by atoms with E-state index >= 15 is 0 Å². The first-order chi connectivity index (χ1) is 7.57. The van der Waals surface area contributed by atoms with Gasteiger partial charge in [-0.25, -0.2) is 4.79 Å². The Kier molecular flexibility index (Phi) is 4.73. The van der Waals surface area contributed by atoms with Gasteiger partial charge in [0.2, 0.25) is 0 Å². The predicted molar refractivity (Wildman–Crippen MR) is 59.1 cm³/mol. The minimum absolute atomic E-state index is 0.144. The fraction of sp³-hybridized carbons (Fsp3) is 0.364. The maximum absolute atomic E-state index is 11.2. The van der Waals surface area contributed by atoms with Gasteiger partial charge in [0.05, 0.1) is 6.61 Å². The maximum Gasteiger partial charge on any atom is 0.338 e. The zero-order valence-corrected chi connectivity index (χ0v) is 9.52. The molecule has 1 aromatic rings. The van der Waals surface area contributed by atoms with Gasteiger partial charge in [-0.05, 0) is 13.0 Å². The van der Waals surface area contributed by atoms with E-state index < -0.39 is 18.2 Å². The van der Waals surface area contributed by atoms with E-state index in [1.807, 2.05) is 0 Å². The van der Waals surface area contributed by atoms with Gasteiger partial charge < -0.3 is 14.9 Å². The molecule has 0 aromatic heterocycles. The number of benzene rings is 1. The van der Waals surface area contributed by atoms with E-state index in [2.05, 4.69) is 4.74 Å². The average Bonchev–Trinajstić information content (AvgIpc) is 2.28. The molecule has 0 bridgehead atoms. The molecule has 0 aliphatic rings. The molecule has 0 fully saturated rings. The van der Waals surface area contributed by atoms with E-state index in [1.165, 1.54) is 6.07 Å². The molecule has 88 valence electrons. The number of esters is 1. The van der Waals surface area contributed by atoms with Crippen molar-refractivity contribution >= 4 is 17.6 Å². The Morgan fingerprint density at radius 1 is 1.44 bits per heavy atom. The van der Waals surface area contributed by atoms with Crippen LogP contribution in [0.4, 0.5) is 0 Å². The molecule has 0 saturated carbocycles. The van der Waals surface area contributed by atoms with Crippen LogP contribution in [-0.2, 0) is 9.53 Å². The van der Waals surface area contributed by atoms with Gasteiger partial charge in [0.25, 0.3) is 0 Å². The van der Waals surface area contributed by atoms with Crippen LogP contribution < -0.4 is 0 Å². The van der Waals surface area contributed by atoms with Crippen LogP contribution >= 0.6 is 11.6 Å². The third-order valence-corrected chi connectivity index (χ3v) is 2.40. The third kappa shape index (κ3) is 2.95. The van der Waals surface area contributed by atoms with Crippen LogP contribution in [0.15, 0.2) is 24.3 Å². The van der Waals surface area contributed by atoms with Crippen molar-refractivity contribution in [3.8, 4) is 0 Å². The quantitative estimate of drug-likeness (QED) is 0.784. The van der Waals surface area contributed by atoms with Gasteiger partial charge in [0.1, 0.15) is 6.10 Å². The standard InChI is InChI=1S/C11H13ClO4/c1-2-16-11(15)10(14)9(13)7-5-3-4-6-8(7)12/h3-6,9-10,13-14H,2H2,1H3. The van der Waals surface area contributed by atoms with E-state index in [4.69, 9.17) is 11.6 Å². The molecular formula is C11H13ClO4. The molecule has 0 aliphatic heterocycles. The second-order valence-corrected chi connectivity index (χ2v) is 3.57. The van der Waals surface area contributed by atoms with Gasteiger partial charge in [-0.1, -0.05) is 29.8 Å². The van der Waals surface area contributed by atoms with Crippen LogP contribution in [0.3, 0.4) is 0 Å². The van der Waals surface area contributed by atoms with E-state index in [-0.39, 0.29) is 6.61 Å². The normalized spacial score (nSPS) is 14.2. The van der Waals surface area contributed by atoms with Crippen molar-refractivity contribution in [3.63, 3.8) is 0 Å². The molecule has 0 amide bonds. The number of carbonyl (C=O) groups is 1. The number of aliphatic hydroxyl groups is 2. The summed E-state index contributed by atoms with van der Waals surface area (Å²) in [5.74, 6) is -0.866. The van der Waals surface area contributed by atoms with Gasteiger partial charge in [-0.2, -0.15) is 0 Å². The summed E-state index contributed by atoms with van der Waals surface area (Å²) in [6.45, 7) is 1.76. The van der Waals surface area contributed by atoms with Crippen molar-refractivity contribution in [3.05, 3.63) is 34.9 Å². The summed E-state index contributed by atoms with van der Waals surface area (Å²) in [7, 11) is 0. The second kappa shape index (κ2) is 5.84. The van der Waals surface area contributed by atoms with Crippen molar-refractivity contribution in [2.24, 2.45) is 0 Å². The molecule has 0 radical (unpaired) electrons. The first-order valence-electron chi connectivity index (χ1n) is 4.85. The monoisotopic (exact) mass is 244 g/mol. The Balaban J connectivity index is 2.82. The third-order valence-electron chi connectivity index (χ3n) is 2.05. The lowest BCUT2D eigenvalue weighted by molar-refractivity contribution is -0.159. The molecule has 1 aromatic carbocycles. The molecule has 5 heteroatoms. The SMILES string of the molecule is CCOC(=O)C(O)C(O)c1ccccc1Cl. The Bertz CT molecular complexity index is 367. The first kappa shape index (κ1) is 13.0. The molecule has 0 spiro atoms. The molecule has 0 saturated heterocycles. The average molecular weight is 245 g/mol. The van der Waals surface area contributed by atoms with Crippen LogP contribution in [0.25, 0.3) is 0 Å². The summed E-state index contributed by atoms with van der Waals surface area (Å²) in [5, 5.41) is 19.5. The lowest BCUT2D eigenvalue weighted by Crippen LogP contribution is -2.30. The minimum atomic E-state index is -1.63. The lowest BCUT2D eigenvalue weighted by Gasteiger charge is -2.17. The highest BCUT2D eigenvalue weighted by molar-refractivity contribution is 6.31. The lowest BCUT2D eigenvalue weighted by atomic mass is 10.0. The number of carbonyl (C=O) groups excluding carboxylic acids is 1. The topological polar surface area (TPSA) is 66.8 Å². The van der Waals surface area contributed by atoms with Gasteiger partial charge in [-0.3, -0.25) is 0 Å². The van der Waals surface area contributed by atoms with Crippen LogP contribution in [0.5, 0.6) is 0 Å². The minimum Gasteiger partial charge on any atom is -0.464 e. The second-order valence-electron chi connectivity index (χ2n) is 3.16. The Labute approximate surface area is 98.4 Å². The smallest absolute Gasteiger partial charge is 0.338 e. The van der Waals surface area contributed by atoms with Crippen molar-refractivity contribution in [2.75, 3.05) is 6.61 Å². The molecular weight excluding hydrogens is 232 g/mol. The van der Waals surface area contributed by atoms with Gasteiger partial charge >= 0.3 is 5.97 Å². The summed E-state index contributed by atoms with van der Waals surface area (Å²) in [4.78, 5) is 11.2. The fourth-order valence-electron chi connectivity index (χ4n) is 1.24. The summed E-state index contributed by atoms with van der Waals surface area (Å²) < 4.78 is 4.59. The Morgan fingerprint density at radius 2 is 2.06 bits per heavy atom. The molecule has 0 aliphatic carbocycles. The predicted octanol–water partition coefficient (Wildman–Crippen LogP) is 1.30. The highest BCUT2D eigenvalue weighted by Gasteiger charge is 2.28. The summed E-state index contributed by atoms with van der Waals surface area (Å²) in [5.41, 5.74) is 0.296. The van der Waals surface area contributed by atoms with E-state index in [9.17, 15) is 15.0 Å². The molecule has 16 heavy (non-hydrogen) atoms. The van der Waals surface area contributed by atoms with Crippen molar-refractivity contribution in [1.29, 1.82) is 0 Å². The van der Waals surface area contributed by atoms with Gasteiger partial charge in [-0.15, -0.1) is 0 Å². The summed E-state index contributed by atoms with van der Waals surface area (Å²) in [6, 6.07) is 6.45. The number of hydrogen-bond acceptors (Lipinski definition) is 4. The van der Waals surface area contributed by atoms with Crippen LogP contribution in [0, 0.1) is 0 Å².